The Balaban J connectivity index is 0.00000103. The van der Waals surface area contributed by atoms with Crippen molar-refractivity contribution in [1.29, 1.82) is 0 Å². The summed E-state index contributed by atoms with van der Waals surface area (Å²) in [6.07, 6.45) is 5.26. The number of carbonyl (C=O) groups excluding carboxylic acids is 2. The molecular formula is C21H30BN3O5. The number of ether oxygens (including phenoxy) is 1. The third kappa shape index (κ3) is 9.53. The molecule has 8 nitrogen and oxygen atoms in total. The average Bonchev–Trinajstić information content (AvgIpc) is 2.78. The standard InChI is InChI=1S/C17H20BN3O5.C4H10/c1-26-14-6-2-4-12(8-14)15(9-16(22)20-11-18(24)25)21-17(23)13-5-3-7-19-10-13;1-3-4-2/h2-8,10,15,24-25H,9,11H2,1H3,(H,20,22)(H,21,23);3-4H2,1-2H3. The second kappa shape index (κ2) is 14.1. The largest absolute Gasteiger partial charge is 0.497 e. The van der Waals surface area contributed by atoms with Crippen LogP contribution in [0.15, 0.2) is 48.8 Å². The number of aromatic nitrogens is 1. The number of nitrogens with one attached hydrogen (secondary N) is 2. The van der Waals surface area contributed by atoms with Gasteiger partial charge in [0.2, 0.25) is 5.91 Å². The summed E-state index contributed by atoms with van der Waals surface area (Å²) in [6.45, 7) is 4.36. The van der Waals surface area contributed by atoms with Gasteiger partial charge in [0.15, 0.2) is 0 Å². The van der Waals surface area contributed by atoms with Crippen LogP contribution in [0.4, 0.5) is 0 Å². The van der Waals surface area contributed by atoms with Crippen molar-refractivity contribution in [2.45, 2.75) is 39.2 Å². The Bertz CT molecular complexity index is 772. The number of methoxy groups -OCH3 is 1. The summed E-state index contributed by atoms with van der Waals surface area (Å²) in [5.41, 5.74) is 1.05. The third-order valence-corrected chi connectivity index (χ3v) is 4.10. The first-order valence-corrected chi connectivity index (χ1v) is 9.88. The lowest BCUT2D eigenvalue weighted by Crippen LogP contribution is -2.38. The Labute approximate surface area is 177 Å². The van der Waals surface area contributed by atoms with E-state index in [0.717, 1.165) is 0 Å². The highest BCUT2D eigenvalue weighted by Gasteiger charge is 2.21. The number of hydrogen-bond donors (Lipinski definition) is 4. The molecule has 0 aliphatic rings. The van der Waals surface area contributed by atoms with Crippen LogP contribution in [0.3, 0.4) is 0 Å². The minimum atomic E-state index is -1.64. The maximum Gasteiger partial charge on any atom is 0.472 e. The molecule has 2 rings (SSSR count). The summed E-state index contributed by atoms with van der Waals surface area (Å²) in [4.78, 5) is 28.4. The lowest BCUT2D eigenvalue weighted by atomic mass is 9.92. The van der Waals surface area contributed by atoms with Crippen molar-refractivity contribution in [3.63, 3.8) is 0 Å². The van der Waals surface area contributed by atoms with Gasteiger partial charge < -0.3 is 25.4 Å². The van der Waals surface area contributed by atoms with Gasteiger partial charge in [0.25, 0.3) is 5.91 Å². The van der Waals surface area contributed by atoms with Crippen LogP contribution in [-0.4, -0.2) is 47.5 Å². The topological polar surface area (TPSA) is 121 Å². The SMILES string of the molecule is CCCC.COc1cccc(C(CC(=O)NCB(O)O)NC(=O)c2cccnc2)c1. The summed E-state index contributed by atoms with van der Waals surface area (Å²) in [5, 5.41) is 22.9. The summed E-state index contributed by atoms with van der Waals surface area (Å²) >= 11 is 0. The quantitative estimate of drug-likeness (QED) is 0.464. The minimum absolute atomic E-state index is 0.0775. The van der Waals surface area contributed by atoms with Crippen molar-refractivity contribution in [2.24, 2.45) is 0 Å². The molecule has 1 unspecified atom stereocenters. The fraction of sp³-hybridized carbons (Fsp3) is 0.381. The summed E-state index contributed by atoms with van der Waals surface area (Å²) in [7, 11) is -0.114. The molecule has 0 spiro atoms. The summed E-state index contributed by atoms with van der Waals surface area (Å²) < 4.78 is 5.19. The van der Waals surface area contributed by atoms with Gasteiger partial charge in [-0.25, -0.2) is 0 Å². The molecule has 1 aromatic heterocycles. The van der Waals surface area contributed by atoms with Crippen molar-refractivity contribution in [3.05, 3.63) is 59.9 Å². The molecule has 0 bridgehead atoms. The Kier molecular flexibility index (Phi) is 11.8. The van der Waals surface area contributed by atoms with E-state index in [-0.39, 0.29) is 18.8 Å². The number of pyridine rings is 1. The zero-order valence-electron chi connectivity index (χ0n) is 17.7. The first kappa shape index (κ1) is 25.1. The molecule has 1 aromatic carbocycles. The number of hydrogen-bond acceptors (Lipinski definition) is 6. The molecule has 30 heavy (non-hydrogen) atoms. The summed E-state index contributed by atoms with van der Waals surface area (Å²) in [6, 6.07) is 9.64. The number of nitrogens with zero attached hydrogens (tertiary/aromatic N) is 1. The fourth-order valence-corrected chi connectivity index (χ4v) is 2.31. The monoisotopic (exact) mass is 415 g/mol. The van der Waals surface area contributed by atoms with Gasteiger partial charge in [-0.1, -0.05) is 38.8 Å². The van der Waals surface area contributed by atoms with E-state index < -0.39 is 19.1 Å². The smallest absolute Gasteiger partial charge is 0.472 e. The van der Waals surface area contributed by atoms with Crippen LogP contribution in [0.2, 0.25) is 0 Å². The first-order valence-electron chi connectivity index (χ1n) is 9.88. The molecular weight excluding hydrogens is 385 g/mol. The lowest BCUT2D eigenvalue weighted by Gasteiger charge is -2.19. The maximum atomic E-state index is 12.4. The van der Waals surface area contributed by atoms with Crippen LogP contribution in [0.25, 0.3) is 0 Å². The highest BCUT2D eigenvalue weighted by molar-refractivity contribution is 6.41. The molecule has 1 heterocycles. The zero-order valence-corrected chi connectivity index (χ0v) is 17.7. The highest BCUT2D eigenvalue weighted by atomic mass is 16.5. The lowest BCUT2D eigenvalue weighted by molar-refractivity contribution is -0.121. The van der Waals surface area contributed by atoms with Crippen LogP contribution in [0, 0.1) is 0 Å². The molecule has 1 atom stereocenters. The number of benzene rings is 1. The predicted molar refractivity (Wildman–Crippen MR) is 116 cm³/mol. The van der Waals surface area contributed by atoms with E-state index in [1.165, 1.54) is 26.1 Å². The molecule has 0 fully saturated rings. The number of carbonyl (C=O) groups is 2. The van der Waals surface area contributed by atoms with Crippen molar-refractivity contribution in [2.75, 3.05) is 13.6 Å². The van der Waals surface area contributed by atoms with Gasteiger partial charge in [0, 0.05) is 12.4 Å². The van der Waals surface area contributed by atoms with Crippen molar-refractivity contribution < 1.29 is 24.4 Å². The Morgan fingerprint density at radius 2 is 1.90 bits per heavy atom. The minimum Gasteiger partial charge on any atom is -0.497 e. The molecule has 0 saturated carbocycles. The number of unbranched alkanes of at least 4 members (excludes halogenated alkanes) is 1. The normalized spacial score (nSPS) is 10.8. The van der Waals surface area contributed by atoms with Gasteiger partial charge >= 0.3 is 7.12 Å². The fourth-order valence-electron chi connectivity index (χ4n) is 2.31. The van der Waals surface area contributed by atoms with Crippen LogP contribution >= 0.6 is 0 Å². The van der Waals surface area contributed by atoms with E-state index in [0.29, 0.717) is 16.9 Å². The molecule has 0 aliphatic carbocycles. The number of rotatable bonds is 9. The molecule has 9 heteroatoms. The van der Waals surface area contributed by atoms with Crippen molar-refractivity contribution in [1.82, 2.24) is 15.6 Å². The highest BCUT2D eigenvalue weighted by Crippen LogP contribution is 2.22. The molecule has 162 valence electrons. The van der Waals surface area contributed by atoms with Gasteiger partial charge in [-0.15, -0.1) is 0 Å². The molecule has 0 radical (unpaired) electrons. The van der Waals surface area contributed by atoms with E-state index in [2.05, 4.69) is 29.5 Å². The van der Waals surface area contributed by atoms with E-state index in [1.54, 1.807) is 42.6 Å². The molecule has 4 N–H and O–H groups in total. The Morgan fingerprint density at radius 3 is 2.47 bits per heavy atom. The molecule has 2 amide bonds. The van der Waals surface area contributed by atoms with Crippen molar-refractivity contribution >= 4 is 18.9 Å². The zero-order chi connectivity index (χ0) is 22.4. The van der Waals surface area contributed by atoms with Crippen molar-refractivity contribution in [3.8, 4) is 5.75 Å². The van der Waals surface area contributed by atoms with E-state index in [1.807, 2.05) is 0 Å². The first-order chi connectivity index (χ1) is 14.4. The molecule has 2 aromatic rings. The van der Waals surface area contributed by atoms with Crippen LogP contribution < -0.4 is 15.4 Å². The Hall–Kier alpha value is -2.91. The second-order valence-corrected chi connectivity index (χ2v) is 6.53. The van der Waals surface area contributed by atoms with Gasteiger partial charge in [-0.3, -0.25) is 14.6 Å². The third-order valence-electron chi connectivity index (χ3n) is 4.10. The van der Waals surface area contributed by atoms with Crippen LogP contribution in [-0.2, 0) is 4.79 Å². The average molecular weight is 415 g/mol. The number of amides is 2. The maximum absolute atomic E-state index is 12.4. The van der Waals surface area contributed by atoms with E-state index >= 15 is 0 Å². The second-order valence-electron chi connectivity index (χ2n) is 6.53. The van der Waals surface area contributed by atoms with Gasteiger partial charge in [0.1, 0.15) is 5.75 Å². The summed E-state index contributed by atoms with van der Waals surface area (Å²) in [5.74, 6) is -0.215. The molecule has 0 aliphatic heterocycles. The van der Waals surface area contributed by atoms with Gasteiger partial charge in [0.05, 0.1) is 31.6 Å². The predicted octanol–water partition coefficient (Wildman–Crippen LogP) is 1.89. The van der Waals surface area contributed by atoms with E-state index in [9.17, 15) is 9.59 Å². The van der Waals surface area contributed by atoms with Gasteiger partial charge in [-0.2, -0.15) is 0 Å². The molecule has 0 saturated heterocycles. The Morgan fingerprint density at radius 1 is 1.17 bits per heavy atom. The van der Waals surface area contributed by atoms with Gasteiger partial charge in [-0.05, 0) is 29.8 Å². The van der Waals surface area contributed by atoms with Crippen LogP contribution in [0.1, 0.15) is 55.1 Å². The van der Waals surface area contributed by atoms with E-state index in [4.69, 9.17) is 14.8 Å². The van der Waals surface area contributed by atoms with Crippen LogP contribution in [0.5, 0.6) is 5.75 Å².